The lowest BCUT2D eigenvalue weighted by atomic mass is 10.2. The van der Waals surface area contributed by atoms with E-state index in [1.54, 1.807) is 19.1 Å². The molecule has 0 aliphatic rings. The van der Waals surface area contributed by atoms with Crippen molar-refractivity contribution in [3.63, 3.8) is 0 Å². The first-order chi connectivity index (χ1) is 7.77. The number of hydrogen-bond donors (Lipinski definition) is 0. The fraction of sp³-hybridized carbons (Fsp3) is 0.143. The van der Waals surface area contributed by atoms with Crippen molar-refractivity contribution in [1.82, 2.24) is 0 Å². The zero-order valence-electron chi connectivity index (χ0n) is 9.11. The van der Waals surface area contributed by atoms with Gasteiger partial charge in [-0.1, -0.05) is 36.4 Å². The first-order valence-electron chi connectivity index (χ1n) is 5.19. The number of rotatable bonds is 3. The predicted octanol–water partition coefficient (Wildman–Crippen LogP) is 3.71. The SMILES string of the molecule is Cc1c(F)cccc1OCc1ccccc1. The van der Waals surface area contributed by atoms with E-state index in [0.717, 1.165) is 5.56 Å². The lowest BCUT2D eigenvalue weighted by Gasteiger charge is -2.09. The van der Waals surface area contributed by atoms with Crippen molar-refractivity contribution >= 4 is 0 Å². The summed E-state index contributed by atoms with van der Waals surface area (Å²) in [6, 6.07) is 14.7. The number of hydrogen-bond acceptors (Lipinski definition) is 1. The van der Waals surface area contributed by atoms with Crippen LogP contribution < -0.4 is 4.74 Å². The number of halogens is 1. The zero-order valence-corrected chi connectivity index (χ0v) is 9.11. The minimum atomic E-state index is -0.231. The molecular weight excluding hydrogens is 203 g/mol. The summed E-state index contributed by atoms with van der Waals surface area (Å²) in [5.41, 5.74) is 1.63. The molecule has 1 nitrogen and oxygen atoms in total. The molecule has 0 spiro atoms. The average molecular weight is 216 g/mol. The Bertz CT molecular complexity index is 465. The molecule has 2 heteroatoms. The third-order valence-electron chi connectivity index (χ3n) is 2.46. The molecule has 2 aromatic rings. The highest BCUT2D eigenvalue weighted by molar-refractivity contribution is 5.33. The Morgan fingerprint density at radius 1 is 1.00 bits per heavy atom. The molecular formula is C14H13FO. The molecule has 0 atom stereocenters. The maximum absolute atomic E-state index is 13.2. The fourth-order valence-electron chi connectivity index (χ4n) is 1.48. The fourth-order valence-corrected chi connectivity index (χ4v) is 1.48. The second-order valence-corrected chi connectivity index (χ2v) is 3.64. The van der Waals surface area contributed by atoms with Crippen LogP contribution in [0.4, 0.5) is 4.39 Å². The maximum atomic E-state index is 13.2. The van der Waals surface area contributed by atoms with E-state index in [-0.39, 0.29) is 5.82 Å². The van der Waals surface area contributed by atoms with Crippen LogP contribution in [0.5, 0.6) is 5.75 Å². The molecule has 0 unspecified atom stereocenters. The van der Waals surface area contributed by atoms with Gasteiger partial charge in [-0.3, -0.25) is 0 Å². The first kappa shape index (κ1) is 10.7. The van der Waals surface area contributed by atoms with Gasteiger partial charge >= 0.3 is 0 Å². The third kappa shape index (κ3) is 2.40. The molecule has 0 saturated heterocycles. The van der Waals surface area contributed by atoms with Gasteiger partial charge in [0.15, 0.2) is 0 Å². The Hall–Kier alpha value is -1.83. The van der Waals surface area contributed by atoms with Crippen LogP contribution in [0.1, 0.15) is 11.1 Å². The van der Waals surface area contributed by atoms with Gasteiger partial charge in [0, 0.05) is 5.56 Å². The van der Waals surface area contributed by atoms with Gasteiger partial charge in [-0.2, -0.15) is 0 Å². The van der Waals surface area contributed by atoms with E-state index in [1.165, 1.54) is 6.07 Å². The monoisotopic (exact) mass is 216 g/mol. The van der Waals surface area contributed by atoms with Gasteiger partial charge in [0.2, 0.25) is 0 Å². The van der Waals surface area contributed by atoms with Gasteiger partial charge in [-0.15, -0.1) is 0 Å². The molecule has 0 fully saturated rings. The van der Waals surface area contributed by atoms with Crippen LogP contribution in [0.25, 0.3) is 0 Å². The molecule has 0 heterocycles. The Morgan fingerprint density at radius 2 is 1.75 bits per heavy atom. The summed E-state index contributed by atoms with van der Waals surface area (Å²) in [5, 5.41) is 0. The Kier molecular flexibility index (Phi) is 3.20. The van der Waals surface area contributed by atoms with E-state index in [4.69, 9.17) is 4.74 Å². The summed E-state index contributed by atoms with van der Waals surface area (Å²) in [7, 11) is 0. The molecule has 82 valence electrons. The van der Waals surface area contributed by atoms with Gasteiger partial charge in [0.05, 0.1) is 0 Å². The van der Waals surface area contributed by atoms with Crippen LogP contribution in [-0.4, -0.2) is 0 Å². The van der Waals surface area contributed by atoms with E-state index in [0.29, 0.717) is 17.9 Å². The topological polar surface area (TPSA) is 9.23 Å². The summed E-state index contributed by atoms with van der Waals surface area (Å²) < 4.78 is 18.8. The quantitative estimate of drug-likeness (QED) is 0.759. The van der Waals surface area contributed by atoms with Crippen molar-refractivity contribution in [3.05, 3.63) is 65.5 Å². The minimum absolute atomic E-state index is 0.231. The van der Waals surface area contributed by atoms with Crippen molar-refractivity contribution in [1.29, 1.82) is 0 Å². The van der Waals surface area contributed by atoms with Crippen molar-refractivity contribution < 1.29 is 9.13 Å². The van der Waals surface area contributed by atoms with Gasteiger partial charge < -0.3 is 4.74 Å². The summed E-state index contributed by atoms with van der Waals surface area (Å²) in [5.74, 6) is 0.370. The molecule has 0 aliphatic carbocycles. The molecule has 2 rings (SSSR count). The van der Waals surface area contributed by atoms with Crippen LogP contribution in [-0.2, 0) is 6.61 Å². The predicted molar refractivity (Wildman–Crippen MR) is 61.9 cm³/mol. The van der Waals surface area contributed by atoms with E-state index < -0.39 is 0 Å². The molecule has 16 heavy (non-hydrogen) atoms. The van der Waals surface area contributed by atoms with E-state index in [1.807, 2.05) is 30.3 Å². The van der Waals surface area contributed by atoms with Crippen molar-refractivity contribution in [2.24, 2.45) is 0 Å². The molecule has 0 bridgehead atoms. The highest BCUT2D eigenvalue weighted by Crippen LogP contribution is 2.20. The lowest BCUT2D eigenvalue weighted by Crippen LogP contribution is -1.97. The Labute approximate surface area is 94.5 Å². The van der Waals surface area contributed by atoms with Gasteiger partial charge in [-0.05, 0) is 24.6 Å². The summed E-state index contributed by atoms with van der Waals surface area (Å²) in [4.78, 5) is 0. The Balaban J connectivity index is 2.08. The van der Waals surface area contributed by atoms with Crippen LogP contribution in [0, 0.1) is 12.7 Å². The van der Waals surface area contributed by atoms with Crippen LogP contribution in [0.15, 0.2) is 48.5 Å². The zero-order chi connectivity index (χ0) is 11.4. The summed E-state index contributed by atoms with van der Waals surface area (Å²) in [6.45, 7) is 2.18. The molecule has 0 radical (unpaired) electrons. The lowest BCUT2D eigenvalue weighted by molar-refractivity contribution is 0.302. The standard InChI is InChI=1S/C14H13FO/c1-11-13(15)8-5-9-14(11)16-10-12-6-3-2-4-7-12/h2-9H,10H2,1H3. The van der Waals surface area contributed by atoms with Crippen LogP contribution in [0.3, 0.4) is 0 Å². The third-order valence-corrected chi connectivity index (χ3v) is 2.46. The van der Waals surface area contributed by atoms with E-state index >= 15 is 0 Å². The maximum Gasteiger partial charge on any atom is 0.129 e. The summed E-state index contributed by atoms with van der Waals surface area (Å²) in [6.07, 6.45) is 0. The smallest absolute Gasteiger partial charge is 0.129 e. The number of ether oxygens (including phenoxy) is 1. The van der Waals surface area contributed by atoms with E-state index in [2.05, 4.69) is 0 Å². The van der Waals surface area contributed by atoms with Crippen LogP contribution >= 0.6 is 0 Å². The molecule has 2 aromatic carbocycles. The van der Waals surface area contributed by atoms with Gasteiger partial charge in [0.25, 0.3) is 0 Å². The minimum Gasteiger partial charge on any atom is -0.489 e. The second kappa shape index (κ2) is 4.79. The molecule has 0 amide bonds. The average Bonchev–Trinajstić information content (AvgIpc) is 2.32. The number of benzene rings is 2. The van der Waals surface area contributed by atoms with Crippen molar-refractivity contribution in [3.8, 4) is 5.75 Å². The highest BCUT2D eigenvalue weighted by atomic mass is 19.1. The molecule has 0 saturated carbocycles. The molecule has 0 aromatic heterocycles. The van der Waals surface area contributed by atoms with Gasteiger partial charge in [-0.25, -0.2) is 4.39 Å². The molecule has 0 aliphatic heterocycles. The largest absolute Gasteiger partial charge is 0.489 e. The highest BCUT2D eigenvalue weighted by Gasteiger charge is 2.03. The van der Waals surface area contributed by atoms with E-state index in [9.17, 15) is 4.39 Å². The molecule has 0 N–H and O–H groups in total. The van der Waals surface area contributed by atoms with Gasteiger partial charge in [0.1, 0.15) is 18.2 Å². The normalized spacial score (nSPS) is 10.1. The second-order valence-electron chi connectivity index (χ2n) is 3.64. The Morgan fingerprint density at radius 3 is 2.50 bits per heavy atom. The van der Waals surface area contributed by atoms with Crippen LogP contribution in [0.2, 0.25) is 0 Å². The van der Waals surface area contributed by atoms with Crippen molar-refractivity contribution in [2.75, 3.05) is 0 Å². The summed E-state index contributed by atoms with van der Waals surface area (Å²) >= 11 is 0. The van der Waals surface area contributed by atoms with Crippen molar-refractivity contribution in [2.45, 2.75) is 13.5 Å². The first-order valence-corrected chi connectivity index (χ1v) is 5.19.